The van der Waals surface area contributed by atoms with Crippen LogP contribution in [0.25, 0.3) is 0 Å². The molecule has 80 valence electrons. The average molecular weight is 231 g/mol. The molecule has 0 spiro atoms. The van der Waals surface area contributed by atoms with Gasteiger partial charge in [0.05, 0.1) is 6.61 Å². The van der Waals surface area contributed by atoms with E-state index in [0.717, 1.165) is 0 Å². The summed E-state index contributed by atoms with van der Waals surface area (Å²) in [4.78, 5) is 0. The van der Waals surface area contributed by atoms with E-state index in [9.17, 15) is 26.3 Å². The normalized spacial score (nSPS) is 13.8. The van der Waals surface area contributed by atoms with Gasteiger partial charge in [0.15, 0.2) is 0 Å². The van der Waals surface area contributed by atoms with Gasteiger partial charge >= 0.3 is 12.4 Å². The summed E-state index contributed by atoms with van der Waals surface area (Å²) >= 11 is 4.89. The van der Waals surface area contributed by atoms with Crippen LogP contribution in [0, 0.1) is 0 Å². The van der Waals surface area contributed by atoms with Crippen LogP contribution < -0.4 is 0 Å². The second-order valence-corrected chi connectivity index (χ2v) is 2.40. The van der Waals surface area contributed by atoms with Crippen molar-refractivity contribution >= 4 is 11.6 Å². The van der Waals surface area contributed by atoms with E-state index in [-0.39, 0.29) is 0 Å². The Bertz CT molecular complexity index is 138. The van der Waals surface area contributed by atoms with Gasteiger partial charge in [0, 0.05) is 5.88 Å². The fourth-order valence-electron chi connectivity index (χ4n) is 0.537. The molecular weight excluding hydrogens is 225 g/mol. The van der Waals surface area contributed by atoms with Crippen LogP contribution in [0.4, 0.5) is 26.3 Å². The van der Waals surface area contributed by atoms with Crippen LogP contribution in [0.1, 0.15) is 0 Å². The van der Waals surface area contributed by atoms with Crippen molar-refractivity contribution < 1.29 is 31.1 Å². The second-order valence-electron chi connectivity index (χ2n) is 2.02. The minimum atomic E-state index is -5.45. The van der Waals surface area contributed by atoms with Crippen LogP contribution in [-0.2, 0) is 4.74 Å². The quantitative estimate of drug-likeness (QED) is 0.535. The lowest BCUT2D eigenvalue weighted by molar-refractivity contribution is -0.320. The lowest BCUT2D eigenvalue weighted by atomic mass is 10.3. The predicted octanol–water partition coefficient (Wildman–Crippen LogP) is 2.74. The van der Waals surface area contributed by atoms with E-state index in [2.05, 4.69) is 4.74 Å². The van der Waals surface area contributed by atoms with Crippen LogP contribution in [0.15, 0.2) is 0 Å². The molecule has 0 aliphatic rings. The molecule has 0 amide bonds. The number of ether oxygens (including phenoxy) is 1. The molecule has 0 aliphatic carbocycles. The van der Waals surface area contributed by atoms with Crippen molar-refractivity contribution in [3.05, 3.63) is 0 Å². The van der Waals surface area contributed by atoms with Crippen LogP contribution in [-0.4, -0.2) is 30.9 Å². The van der Waals surface area contributed by atoms with Gasteiger partial charge in [-0.15, -0.1) is 11.6 Å². The highest BCUT2D eigenvalue weighted by Gasteiger charge is 2.57. The summed E-state index contributed by atoms with van der Waals surface area (Å²) < 4.78 is 73.4. The minimum Gasteiger partial charge on any atom is -0.360 e. The number of halogens is 7. The summed E-state index contributed by atoms with van der Waals surface area (Å²) in [7, 11) is 0. The Morgan fingerprint density at radius 3 is 1.62 bits per heavy atom. The molecule has 0 bridgehead atoms. The number of hydrogen-bond donors (Lipinski definition) is 0. The molecule has 0 heterocycles. The Morgan fingerprint density at radius 1 is 1.00 bits per heavy atom. The van der Waals surface area contributed by atoms with E-state index in [1.54, 1.807) is 0 Å². The summed E-state index contributed by atoms with van der Waals surface area (Å²) in [5, 5.41) is 0. The van der Waals surface area contributed by atoms with Crippen LogP contribution in [0.5, 0.6) is 0 Å². The Balaban J connectivity index is 4.39. The zero-order chi connectivity index (χ0) is 10.7. The molecule has 1 nitrogen and oxygen atoms in total. The van der Waals surface area contributed by atoms with Crippen molar-refractivity contribution in [2.75, 3.05) is 12.5 Å². The smallest absolute Gasteiger partial charge is 0.360 e. The molecule has 0 aromatic rings. The fraction of sp³-hybridized carbons (Fsp3) is 1.00. The van der Waals surface area contributed by atoms with Gasteiger partial charge in [-0.3, -0.25) is 0 Å². The standard InChI is InChI=1S/C5H5ClF6O/c6-1-2-13-3(4(7,8)9)5(10,11)12/h3H,1-2H2. The van der Waals surface area contributed by atoms with E-state index in [0.29, 0.717) is 0 Å². The topological polar surface area (TPSA) is 9.23 Å². The van der Waals surface area contributed by atoms with E-state index in [4.69, 9.17) is 11.6 Å². The van der Waals surface area contributed by atoms with Gasteiger partial charge < -0.3 is 4.74 Å². The molecule has 0 aliphatic heterocycles. The van der Waals surface area contributed by atoms with Crippen molar-refractivity contribution in [3.8, 4) is 0 Å². The minimum absolute atomic E-state index is 0.428. The van der Waals surface area contributed by atoms with E-state index in [1.807, 2.05) is 0 Å². The first-order valence-corrected chi connectivity index (χ1v) is 3.54. The highest BCUT2D eigenvalue weighted by molar-refractivity contribution is 6.17. The lowest BCUT2D eigenvalue weighted by Gasteiger charge is -2.22. The fourth-order valence-corrected chi connectivity index (χ4v) is 0.626. The molecule has 0 radical (unpaired) electrons. The first kappa shape index (κ1) is 12.8. The molecular formula is C5H5ClF6O. The molecule has 0 N–H and O–H groups in total. The summed E-state index contributed by atoms with van der Waals surface area (Å²) in [5.41, 5.74) is 0. The molecule has 0 saturated heterocycles. The monoisotopic (exact) mass is 230 g/mol. The third-order valence-corrected chi connectivity index (χ3v) is 1.11. The molecule has 0 aromatic carbocycles. The average Bonchev–Trinajstić information content (AvgIpc) is 1.81. The van der Waals surface area contributed by atoms with E-state index < -0.39 is 30.9 Å². The van der Waals surface area contributed by atoms with Crippen molar-refractivity contribution in [3.63, 3.8) is 0 Å². The molecule has 13 heavy (non-hydrogen) atoms. The highest BCUT2D eigenvalue weighted by atomic mass is 35.5. The van der Waals surface area contributed by atoms with Crippen LogP contribution in [0.3, 0.4) is 0 Å². The number of rotatable bonds is 3. The van der Waals surface area contributed by atoms with Gasteiger partial charge in [-0.1, -0.05) is 0 Å². The van der Waals surface area contributed by atoms with Gasteiger partial charge in [0.1, 0.15) is 0 Å². The second kappa shape index (κ2) is 4.36. The van der Waals surface area contributed by atoms with Crippen molar-refractivity contribution in [1.29, 1.82) is 0 Å². The van der Waals surface area contributed by atoms with Gasteiger partial charge in [0.2, 0.25) is 6.10 Å². The summed E-state index contributed by atoms with van der Waals surface area (Å²) in [5.74, 6) is -0.428. The van der Waals surface area contributed by atoms with E-state index >= 15 is 0 Å². The van der Waals surface area contributed by atoms with Gasteiger partial charge in [-0.05, 0) is 0 Å². The third kappa shape index (κ3) is 4.56. The molecule has 8 heteroatoms. The first-order chi connectivity index (χ1) is 5.69. The lowest BCUT2D eigenvalue weighted by Crippen LogP contribution is -2.44. The molecule has 0 atom stereocenters. The maximum Gasteiger partial charge on any atom is 0.423 e. The SMILES string of the molecule is FC(F)(F)C(OCCCl)C(F)(F)F. The molecule has 0 aromatic heterocycles. The molecule has 0 unspecified atom stereocenters. The van der Waals surface area contributed by atoms with E-state index in [1.165, 1.54) is 0 Å². The van der Waals surface area contributed by atoms with Gasteiger partial charge in [0.25, 0.3) is 0 Å². The molecule has 0 fully saturated rings. The van der Waals surface area contributed by atoms with Crippen molar-refractivity contribution in [1.82, 2.24) is 0 Å². The summed E-state index contributed by atoms with van der Waals surface area (Å²) in [6.45, 7) is -0.800. The van der Waals surface area contributed by atoms with Crippen molar-refractivity contribution in [2.24, 2.45) is 0 Å². The Morgan fingerprint density at radius 2 is 1.38 bits per heavy atom. The van der Waals surface area contributed by atoms with Crippen LogP contribution in [0.2, 0.25) is 0 Å². The zero-order valence-electron chi connectivity index (χ0n) is 6.05. The maximum absolute atomic E-state index is 11.7. The van der Waals surface area contributed by atoms with Gasteiger partial charge in [-0.25, -0.2) is 0 Å². The largest absolute Gasteiger partial charge is 0.423 e. The zero-order valence-corrected chi connectivity index (χ0v) is 6.80. The third-order valence-electron chi connectivity index (χ3n) is 0.956. The predicted molar refractivity (Wildman–Crippen MR) is 32.6 cm³/mol. The number of alkyl halides is 7. The Hall–Kier alpha value is -0.170. The highest BCUT2D eigenvalue weighted by Crippen LogP contribution is 2.35. The molecule has 0 rings (SSSR count). The number of hydrogen-bond acceptors (Lipinski definition) is 1. The molecule has 0 saturated carbocycles. The van der Waals surface area contributed by atoms with Gasteiger partial charge in [-0.2, -0.15) is 26.3 Å². The Kier molecular flexibility index (Phi) is 4.31. The Labute approximate surface area is 74.6 Å². The summed E-state index contributed by atoms with van der Waals surface area (Å²) in [6, 6.07) is 0. The first-order valence-electron chi connectivity index (χ1n) is 3.00. The van der Waals surface area contributed by atoms with Crippen LogP contribution >= 0.6 is 11.6 Å². The summed E-state index contributed by atoms with van der Waals surface area (Å²) in [6.07, 6.45) is -14.7. The van der Waals surface area contributed by atoms with Crippen molar-refractivity contribution in [2.45, 2.75) is 18.5 Å². The maximum atomic E-state index is 11.7.